The first-order valence-electron chi connectivity index (χ1n) is 10.5. The molecule has 1 N–H and O–H groups in total. The lowest BCUT2D eigenvalue weighted by molar-refractivity contribution is -0.140. The van der Waals surface area contributed by atoms with Gasteiger partial charge in [0.2, 0.25) is 11.8 Å². The standard InChI is InChI=1S/C24H28Cl2N2O2/c1-17(24(30)27-20-11-3-2-4-12-20)28(16-19-10-6-8-14-22(19)26)23(29)15-18-9-5-7-13-21(18)25/h5-10,13-14,17,20H,2-4,11-12,15-16H2,1H3,(H,27,30). The topological polar surface area (TPSA) is 49.4 Å². The molecule has 3 rings (SSSR count). The first-order chi connectivity index (χ1) is 14.5. The normalized spacial score (nSPS) is 15.4. The number of halogens is 2. The molecule has 0 aromatic heterocycles. The molecule has 0 aliphatic heterocycles. The second-order valence-corrected chi connectivity index (χ2v) is 8.72. The van der Waals surface area contributed by atoms with Gasteiger partial charge >= 0.3 is 0 Å². The highest BCUT2D eigenvalue weighted by molar-refractivity contribution is 6.31. The molecule has 2 amide bonds. The van der Waals surface area contributed by atoms with Gasteiger partial charge in [0.25, 0.3) is 0 Å². The zero-order valence-electron chi connectivity index (χ0n) is 17.2. The van der Waals surface area contributed by atoms with Gasteiger partial charge in [-0.15, -0.1) is 0 Å². The molecule has 2 aromatic carbocycles. The molecule has 1 fully saturated rings. The predicted octanol–water partition coefficient (Wildman–Crippen LogP) is 5.40. The molecule has 1 aliphatic carbocycles. The number of hydrogen-bond acceptors (Lipinski definition) is 2. The van der Waals surface area contributed by atoms with Crippen LogP contribution in [-0.2, 0) is 22.6 Å². The molecule has 30 heavy (non-hydrogen) atoms. The molecule has 1 unspecified atom stereocenters. The number of carbonyl (C=O) groups excluding carboxylic acids is 2. The van der Waals surface area contributed by atoms with Crippen molar-refractivity contribution in [3.63, 3.8) is 0 Å². The summed E-state index contributed by atoms with van der Waals surface area (Å²) in [6.45, 7) is 2.04. The fourth-order valence-corrected chi connectivity index (χ4v) is 4.27. The van der Waals surface area contributed by atoms with E-state index in [9.17, 15) is 9.59 Å². The Bertz CT molecular complexity index is 881. The van der Waals surface area contributed by atoms with Crippen molar-refractivity contribution in [1.29, 1.82) is 0 Å². The molecule has 0 spiro atoms. The average Bonchev–Trinajstić information content (AvgIpc) is 2.75. The third kappa shape index (κ3) is 5.99. The molecule has 1 atom stereocenters. The third-order valence-electron chi connectivity index (χ3n) is 5.72. The van der Waals surface area contributed by atoms with Crippen LogP contribution < -0.4 is 5.32 Å². The van der Waals surface area contributed by atoms with Gasteiger partial charge in [0.15, 0.2) is 0 Å². The lowest BCUT2D eigenvalue weighted by Crippen LogP contribution is -2.50. The fourth-order valence-electron chi connectivity index (χ4n) is 3.87. The SMILES string of the molecule is CC(C(=O)NC1CCCCC1)N(Cc1ccccc1Cl)C(=O)Cc1ccccc1Cl. The minimum absolute atomic E-state index is 0.124. The average molecular weight is 447 g/mol. The summed E-state index contributed by atoms with van der Waals surface area (Å²) in [5, 5.41) is 4.26. The van der Waals surface area contributed by atoms with E-state index in [1.807, 2.05) is 36.4 Å². The van der Waals surface area contributed by atoms with Crippen LogP contribution in [0.3, 0.4) is 0 Å². The van der Waals surface area contributed by atoms with Crippen molar-refractivity contribution in [2.45, 2.75) is 64.1 Å². The Hall–Kier alpha value is -2.04. The molecule has 0 bridgehead atoms. The Morgan fingerprint density at radius 1 is 0.967 bits per heavy atom. The second-order valence-electron chi connectivity index (χ2n) is 7.90. The lowest BCUT2D eigenvalue weighted by atomic mass is 9.95. The molecule has 0 saturated heterocycles. The predicted molar refractivity (Wildman–Crippen MR) is 122 cm³/mol. The summed E-state index contributed by atoms with van der Waals surface area (Å²) in [6, 6.07) is 14.3. The summed E-state index contributed by atoms with van der Waals surface area (Å²) >= 11 is 12.6. The third-order valence-corrected chi connectivity index (χ3v) is 6.45. The van der Waals surface area contributed by atoms with Crippen LogP contribution in [0.2, 0.25) is 10.0 Å². The van der Waals surface area contributed by atoms with Gasteiger partial charge in [-0.2, -0.15) is 0 Å². The van der Waals surface area contributed by atoms with Crippen LogP contribution in [0.15, 0.2) is 48.5 Å². The van der Waals surface area contributed by atoms with Gasteiger partial charge in [0.1, 0.15) is 6.04 Å². The van der Waals surface area contributed by atoms with E-state index >= 15 is 0 Å². The molecule has 0 radical (unpaired) electrons. The molecule has 4 nitrogen and oxygen atoms in total. The van der Waals surface area contributed by atoms with E-state index in [1.165, 1.54) is 6.42 Å². The number of nitrogens with one attached hydrogen (secondary N) is 1. The highest BCUT2D eigenvalue weighted by Gasteiger charge is 2.28. The van der Waals surface area contributed by atoms with E-state index < -0.39 is 6.04 Å². The van der Waals surface area contributed by atoms with E-state index in [-0.39, 0.29) is 30.8 Å². The van der Waals surface area contributed by atoms with Crippen molar-refractivity contribution in [1.82, 2.24) is 10.2 Å². The Balaban J connectivity index is 1.78. The Morgan fingerprint density at radius 3 is 2.13 bits per heavy atom. The maximum absolute atomic E-state index is 13.3. The van der Waals surface area contributed by atoms with Gasteiger partial charge in [-0.05, 0) is 43.0 Å². The minimum Gasteiger partial charge on any atom is -0.352 e. The van der Waals surface area contributed by atoms with Crippen LogP contribution in [0, 0.1) is 0 Å². The smallest absolute Gasteiger partial charge is 0.242 e. The van der Waals surface area contributed by atoms with Crippen LogP contribution in [0.4, 0.5) is 0 Å². The van der Waals surface area contributed by atoms with E-state index in [4.69, 9.17) is 23.2 Å². The summed E-state index contributed by atoms with van der Waals surface area (Å²) in [7, 11) is 0. The van der Waals surface area contributed by atoms with Gasteiger partial charge in [0, 0.05) is 22.6 Å². The van der Waals surface area contributed by atoms with Gasteiger partial charge in [-0.25, -0.2) is 0 Å². The molecule has 160 valence electrons. The number of nitrogens with zero attached hydrogens (tertiary/aromatic N) is 1. The summed E-state index contributed by atoms with van der Waals surface area (Å²) in [4.78, 5) is 27.9. The van der Waals surface area contributed by atoms with Crippen LogP contribution >= 0.6 is 23.2 Å². The highest BCUT2D eigenvalue weighted by Crippen LogP contribution is 2.22. The Morgan fingerprint density at radius 2 is 1.53 bits per heavy atom. The number of amides is 2. The maximum Gasteiger partial charge on any atom is 0.242 e. The molecular formula is C24H28Cl2N2O2. The second kappa shape index (κ2) is 10.8. The highest BCUT2D eigenvalue weighted by atomic mass is 35.5. The van der Waals surface area contributed by atoms with E-state index in [1.54, 1.807) is 24.0 Å². The zero-order chi connectivity index (χ0) is 21.5. The van der Waals surface area contributed by atoms with E-state index in [0.717, 1.165) is 36.8 Å². The first kappa shape index (κ1) is 22.6. The molecule has 0 heterocycles. The maximum atomic E-state index is 13.3. The zero-order valence-corrected chi connectivity index (χ0v) is 18.8. The van der Waals surface area contributed by atoms with Gasteiger partial charge in [-0.1, -0.05) is 78.9 Å². The summed E-state index contributed by atoms with van der Waals surface area (Å²) in [6.07, 6.45) is 5.61. The van der Waals surface area contributed by atoms with Crippen molar-refractivity contribution in [3.05, 3.63) is 69.7 Å². The van der Waals surface area contributed by atoms with Crippen molar-refractivity contribution in [3.8, 4) is 0 Å². The van der Waals surface area contributed by atoms with Gasteiger partial charge < -0.3 is 10.2 Å². The van der Waals surface area contributed by atoms with Gasteiger partial charge in [0.05, 0.1) is 6.42 Å². The Kier molecular flexibility index (Phi) is 8.17. The van der Waals surface area contributed by atoms with Crippen LogP contribution in [0.5, 0.6) is 0 Å². The van der Waals surface area contributed by atoms with Crippen LogP contribution in [0.1, 0.15) is 50.2 Å². The number of rotatable bonds is 7. The van der Waals surface area contributed by atoms with Gasteiger partial charge in [-0.3, -0.25) is 9.59 Å². The van der Waals surface area contributed by atoms with Crippen molar-refractivity contribution in [2.24, 2.45) is 0 Å². The monoisotopic (exact) mass is 446 g/mol. The van der Waals surface area contributed by atoms with Crippen molar-refractivity contribution >= 4 is 35.0 Å². The Labute approximate surface area is 188 Å². The first-order valence-corrected chi connectivity index (χ1v) is 11.3. The molecule has 2 aromatic rings. The van der Waals surface area contributed by atoms with E-state index in [2.05, 4.69) is 5.32 Å². The van der Waals surface area contributed by atoms with Crippen LogP contribution in [-0.4, -0.2) is 28.8 Å². The largest absolute Gasteiger partial charge is 0.352 e. The summed E-state index contributed by atoms with van der Waals surface area (Å²) < 4.78 is 0. The lowest BCUT2D eigenvalue weighted by Gasteiger charge is -2.31. The molecule has 1 aliphatic rings. The van der Waals surface area contributed by atoms with E-state index in [0.29, 0.717) is 10.0 Å². The van der Waals surface area contributed by atoms with Crippen molar-refractivity contribution in [2.75, 3.05) is 0 Å². The van der Waals surface area contributed by atoms with Crippen LogP contribution in [0.25, 0.3) is 0 Å². The van der Waals surface area contributed by atoms with Crippen molar-refractivity contribution < 1.29 is 9.59 Å². The summed E-state index contributed by atoms with van der Waals surface area (Å²) in [5.41, 5.74) is 1.55. The number of hydrogen-bond donors (Lipinski definition) is 1. The molecule has 6 heteroatoms. The number of benzene rings is 2. The quantitative estimate of drug-likeness (QED) is 0.618. The number of carbonyl (C=O) groups is 2. The molecule has 1 saturated carbocycles. The fraction of sp³-hybridized carbons (Fsp3) is 0.417. The molecular weight excluding hydrogens is 419 g/mol. The summed E-state index contributed by atoms with van der Waals surface area (Å²) in [5.74, 6) is -0.282. The minimum atomic E-state index is -0.613.